The summed E-state index contributed by atoms with van der Waals surface area (Å²) in [6.07, 6.45) is 3.99. The van der Waals surface area contributed by atoms with Crippen molar-refractivity contribution in [1.29, 1.82) is 0 Å². The highest BCUT2D eigenvalue weighted by Crippen LogP contribution is 2.38. The molecule has 25 heavy (non-hydrogen) atoms. The number of nitrogens with two attached hydrogens (primary N) is 1. The molecule has 1 aliphatic heterocycles. The smallest absolute Gasteiger partial charge is 0.159 e. The average molecular weight is 346 g/mol. The molecule has 1 fully saturated rings. The van der Waals surface area contributed by atoms with Gasteiger partial charge in [-0.2, -0.15) is 0 Å². The van der Waals surface area contributed by atoms with Gasteiger partial charge in [0.1, 0.15) is 24.0 Å². The fourth-order valence-corrected chi connectivity index (χ4v) is 3.24. The number of ether oxygens (including phenoxy) is 1. The van der Waals surface area contributed by atoms with E-state index in [1.165, 1.54) is 12.4 Å². The second-order valence-electron chi connectivity index (χ2n) is 6.01. The highest BCUT2D eigenvalue weighted by atomic mass is 19.2. The molecule has 130 valence electrons. The number of halogens is 2. The lowest BCUT2D eigenvalue weighted by Gasteiger charge is -2.14. The number of nitrogen functional groups attached to an aromatic ring is 1. The van der Waals surface area contributed by atoms with Crippen LogP contribution in [0.4, 0.5) is 14.6 Å². The molecule has 1 aromatic carbocycles. The van der Waals surface area contributed by atoms with Gasteiger partial charge >= 0.3 is 0 Å². The number of hydrogen-bond donors (Lipinski definition) is 2. The zero-order valence-electron chi connectivity index (χ0n) is 13.2. The largest absolute Gasteiger partial charge is 0.394 e. The van der Waals surface area contributed by atoms with Crippen molar-refractivity contribution in [3.63, 3.8) is 0 Å². The Morgan fingerprint density at radius 2 is 2.08 bits per heavy atom. The summed E-state index contributed by atoms with van der Waals surface area (Å²) in [5, 5.41) is 9.83. The fraction of sp³-hybridized carbons (Fsp3) is 0.294. The number of nitrogens with zero attached hydrogens (tertiary/aromatic N) is 3. The van der Waals surface area contributed by atoms with Crippen LogP contribution in [-0.2, 0) is 4.74 Å². The van der Waals surface area contributed by atoms with Gasteiger partial charge in [-0.25, -0.2) is 18.7 Å². The Balaban J connectivity index is 1.89. The van der Waals surface area contributed by atoms with Crippen LogP contribution in [0.25, 0.3) is 22.2 Å². The van der Waals surface area contributed by atoms with Crippen LogP contribution in [0.3, 0.4) is 0 Å². The lowest BCUT2D eigenvalue weighted by molar-refractivity contribution is -0.0204. The van der Waals surface area contributed by atoms with Gasteiger partial charge in [-0.1, -0.05) is 6.07 Å². The van der Waals surface area contributed by atoms with E-state index in [1.807, 2.05) is 0 Å². The molecular weight excluding hydrogens is 330 g/mol. The van der Waals surface area contributed by atoms with E-state index in [2.05, 4.69) is 9.97 Å². The summed E-state index contributed by atoms with van der Waals surface area (Å²) in [5.41, 5.74) is 7.64. The molecular formula is C17H16F2N4O2. The van der Waals surface area contributed by atoms with Gasteiger partial charge in [-0.15, -0.1) is 0 Å². The van der Waals surface area contributed by atoms with Gasteiger partial charge in [0.25, 0.3) is 0 Å². The van der Waals surface area contributed by atoms with Crippen molar-refractivity contribution in [2.24, 2.45) is 0 Å². The SMILES string of the molecule is Nc1ncnc2c1c(-c1ccc(F)c(F)c1)cn2C1CCC(CO)O1. The zero-order chi connectivity index (χ0) is 17.6. The molecule has 0 bridgehead atoms. The Hall–Kier alpha value is -2.58. The molecule has 3 aromatic rings. The van der Waals surface area contributed by atoms with Gasteiger partial charge < -0.3 is 20.1 Å². The number of aliphatic hydroxyl groups excluding tert-OH is 1. The minimum Gasteiger partial charge on any atom is -0.394 e. The molecule has 0 spiro atoms. The van der Waals surface area contributed by atoms with E-state index in [4.69, 9.17) is 10.5 Å². The lowest BCUT2D eigenvalue weighted by atomic mass is 10.1. The number of benzene rings is 1. The first-order valence-electron chi connectivity index (χ1n) is 7.91. The summed E-state index contributed by atoms with van der Waals surface area (Å²) in [6, 6.07) is 3.67. The summed E-state index contributed by atoms with van der Waals surface area (Å²) in [5.74, 6) is -1.60. The van der Waals surface area contributed by atoms with Gasteiger partial charge in [-0.05, 0) is 30.5 Å². The maximum Gasteiger partial charge on any atom is 0.159 e. The lowest BCUT2D eigenvalue weighted by Crippen LogP contribution is -2.14. The highest BCUT2D eigenvalue weighted by molar-refractivity contribution is 6.00. The maximum atomic E-state index is 13.7. The molecule has 4 rings (SSSR count). The van der Waals surface area contributed by atoms with E-state index in [0.717, 1.165) is 18.6 Å². The number of fused-ring (bicyclic) bond motifs is 1. The number of rotatable bonds is 3. The number of aromatic nitrogens is 3. The van der Waals surface area contributed by atoms with E-state index >= 15 is 0 Å². The minimum absolute atomic E-state index is 0.0527. The summed E-state index contributed by atoms with van der Waals surface area (Å²) >= 11 is 0. The van der Waals surface area contributed by atoms with Crippen LogP contribution in [-0.4, -0.2) is 32.4 Å². The second-order valence-corrected chi connectivity index (χ2v) is 6.01. The van der Waals surface area contributed by atoms with Gasteiger partial charge in [0.2, 0.25) is 0 Å². The standard InChI is InChI=1S/C17H16F2N4O2/c18-12-3-1-9(5-13(12)19)11-6-23(14-4-2-10(7-24)25-14)17-15(11)16(20)21-8-22-17/h1,3,5-6,8,10,14,24H,2,4,7H2,(H2,20,21,22). The normalized spacial score (nSPS) is 20.4. The third-order valence-electron chi connectivity index (χ3n) is 4.47. The van der Waals surface area contributed by atoms with Gasteiger partial charge in [0.15, 0.2) is 11.6 Å². The third-order valence-corrected chi connectivity index (χ3v) is 4.47. The van der Waals surface area contributed by atoms with E-state index in [9.17, 15) is 13.9 Å². The highest BCUT2D eigenvalue weighted by Gasteiger charge is 2.28. The van der Waals surface area contributed by atoms with E-state index in [0.29, 0.717) is 28.6 Å². The monoisotopic (exact) mass is 346 g/mol. The van der Waals surface area contributed by atoms with Crippen LogP contribution in [0.2, 0.25) is 0 Å². The first-order valence-corrected chi connectivity index (χ1v) is 7.91. The van der Waals surface area contributed by atoms with Gasteiger partial charge in [0, 0.05) is 11.8 Å². The first kappa shape index (κ1) is 15.9. The van der Waals surface area contributed by atoms with Crippen molar-refractivity contribution in [1.82, 2.24) is 14.5 Å². The third kappa shape index (κ3) is 2.63. The van der Waals surface area contributed by atoms with Crippen LogP contribution >= 0.6 is 0 Å². The predicted molar refractivity (Wildman–Crippen MR) is 87.5 cm³/mol. The van der Waals surface area contributed by atoms with Crippen molar-refractivity contribution < 1.29 is 18.6 Å². The molecule has 0 amide bonds. The maximum absolute atomic E-state index is 13.7. The molecule has 2 aromatic heterocycles. The van der Waals surface area contributed by atoms with Crippen molar-refractivity contribution in [3.8, 4) is 11.1 Å². The molecule has 0 saturated carbocycles. The molecule has 0 radical (unpaired) electrons. The second kappa shape index (κ2) is 6.05. The Morgan fingerprint density at radius 1 is 1.24 bits per heavy atom. The Kier molecular flexibility index (Phi) is 3.85. The summed E-state index contributed by atoms with van der Waals surface area (Å²) in [4.78, 5) is 8.29. The van der Waals surface area contributed by atoms with Crippen LogP contribution in [0.5, 0.6) is 0 Å². The molecule has 3 heterocycles. The molecule has 2 atom stereocenters. The minimum atomic E-state index is -0.939. The fourth-order valence-electron chi connectivity index (χ4n) is 3.24. The number of anilines is 1. The molecule has 1 aliphatic rings. The topological polar surface area (TPSA) is 86.2 Å². The van der Waals surface area contributed by atoms with Crippen molar-refractivity contribution >= 4 is 16.9 Å². The molecule has 8 heteroatoms. The van der Waals surface area contributed by atoms with Crippen LogP contribution in [0, 0.1) is 11.6 Å². The quantitative estimate of drug-likeness (QED) is 0.761. The summed E-state index contributed by atoms with van der Waals surface area (Å²) in [7, 11) is 0. The van der Waals surface area contributed by atoms with E-state index < -0.39 is 11.6 Å². The van der Waals surface area contributed by atoms with Gasteiger partial charge in [0.05, 0.1) is 18.1 Å². The molecule has 2 unspecified atom stereocenters. The molecule has 1 saturated heterocycles. The van der Waals surface area contributed by atoms with Gasteiger partial charge in [-0.3, -0.25) is 0 Å². The molecule has 0 aliphatic carbocycles. The van der Waals surface area contributed by atoms with E-state index in [-0.39, 0.29) is 24.8 Å². The summed E-state index contributed by atoms with van der Waals surface area (Å²) in [6.45, 7) is -0.0527. The summed E-state index contributed by atoms with van der Waals surface area (Å²) < 4.78 is 34.6. The number of hydrogen-bond acceptors (Lipinski definition) is 5. The average Bonchev–Trinajstić information content (AvgIpc) is 3.22. The predicted octanol–water partition coefficient (Wildman–Crippen LogP) is 2.63. The zero-order valence-corrected chi connectivity index (χ0v) is 13.2. The molecule has 6 nitrogen and oxygen atoms in total. The Morgan fingerprint density at radius 3 is 2.80 bits per heavy atom. The van der Waals surface area contributed by atoms with Crippen LogP contribution in [0.15, 0.2) is 30.7 Å². The van der Waals surface area contributed by atoms with Crippen molar-refractivity contribution in [2.45, 2.75) is 25.2 Å². The van der Waals surface area contributed by atoms with Crippen molar-refractivity contribution in [2.75, 3.05) is 12.3 Å². The Bertz CT molecular complexity index is 944. The van der Waals surface area contributed by atoms with E-state index in [1.54, 1.807) is 10.8 Å². The number of aliphatic hydroxyl groups is 1. The Labute approximate surface area is 141 Å². The first-order chi connectivity index (χ1) is 12.1. The van der Waals surface area contributed by atoms with Crippen molar-refractivity contribution in [3.05, 3.63) is 42.4 Å². The van der Waals surface area contributed by atoms with Crippen LogP contribution < -0.4 is 5.73 Å². The van der Waals surface area contributed by atoms with Crippen LogP contribution in [0.1, 0.15) is 19.1 Å². The molecule has 3 N–H and O–H groups in total.